The van der Waals surface area contributed by atoms with Gasteiger partial charge in [0.15, 0.2) is 11.6 Å². The van der Waals surface area contributed by atoms with Crippen LogP contribution in [0.25, 0.3) is 0 Å². The maximum atomic E-state index is 13.7. The van der Waals surface area contributed by atoms with Crippen LogP contribution >= 0.6 is 11.3 Å². The van der Waals surface area contributed by atoms with Gasteiger partial charge in [0.2, 0.25) is 10.0 Å². The van der Waals surface area contributed by atoms with Crippen LogP contribution in [0, 0.1) is 12.7 Å². The minimum atomic E-state index is -3.88. The van der Waals surface area contributed by atoms with Crippen molar-refractivity contribution in [2.75, 3.05) is 12.8 Å². The highest BCUT2D eigenvalue weighted by Gasteiger charge is 2.19. The Balaban J connectivity index is 2.23. The summed E-state index contributed by atoms with van der Waals surface area (Å²) in [6.45, 7) is 1.91. The minimum absolute atomic E-state index is 0.0361. The van der Waals surface area contributed by atoms with Crippen LogP contribution in [0.2, 0.25) is 0 Å². The van der Waals surface area contributed by atoms with Crippen molar-refractivity contribution >= 4 is 27.0 Å². The number of aryl methyl sites for hydroxylation is 1. The van der Waals surface area contributed by atoms with E-state index in [0.717, 1.165) is 17.0 Å². The molecule has 0 fully saturated rings. The van der Waals surface area contributed by atoms with Gasteiger partial charge in [-0.25, -0.2) is 22.5 Å². The Morgan fingerprint density at radius 3 is 2.71 bits per heavy atom. The number of benzene rings is 1. The number of methoxy groups -OCH3 is 1. The van der Waals surface area contributed by atoms with Crippen molar-refractivity contribution in [3.05, 3.63) is 34.0 Å². The molecule has 0 amide bonds. The Morgan fingerprint density at radius 1 is 1.48 bits per heavy atom. The number of thiazole rings is 1. The van der Waals surface area contributed by atoms with E-state index in [4.69, 9.17) is 10.5 Å². The van der Waals surface area contributed by atoms with Crippen molar-refractivity contribution in [1.82, 2.24) is 9.71 Å². The summed E-state index contributed by atoms with van der Waals surface area (Å²) in [5.74, 6) is -1.01. The van der Waals surface area contributed by atoms with E-state index in [2.05, 4.69) is 9.71 Å². The number of aromatic nitrogens is 1. The topological polar surface area (TPSA) is 94.3 Å². The molecule has 0 aliphatic heterocycles. The molecule has 0 radical (unpaired) electrons. The molecule has 0 aliphatic carbocycles. The molecule has 2 aromatic rings. The van der Waals surface area contributed by atoms with Crippen LogP contribution in [0.4, 0.5) is 10.1 Å². The Kier molecular flexibility index (Phi) is 4.45. The summed E-state index contributed by atoms with van der Waals surface area (Å²) >= 11 is 1.38. The highest BCUT2D eigenvalue weighted by molar-refractivity contribution is 7.89. The summed E-state index contributed by atoms with van der Waals surface area (Å²) in [5, 5.41) is 0.623. The number of sulfonamides is 1. The lowest BCUT2D eigenvalue weighted by atomic mass is 10.3. The normalized spacial score (nSPS) is 11.6. The third kappa shape index (κ3) is 3.49. The maximum absolute atomic E-state index is 13.7. The van der Waals surface area contributed by atoms with E-state index in [-0.39, 0.29) is 22.9 Å². The zero-order valence-corrected chi connectivity index (χ0v) is 13.0. The zero-order valence-electron chi connectivity index (χ0n) is 11.4. The number of hydrogen-bond donors (Lipinski definition) is 2. The molecule has 0 spiro atoms. The number of nitrogens with two attached hydrogens (primary N) is 1. The average Bonchev–Trinajstić information content (AvgIpc) is 2.82. The number of rotatable bonds is 5. The number of nitrogens with one attached hydrogen (secondary N) is 1. The predicted molar refractivity (Wildman–Crippen MR) is 78.2 cm³/mol. The number of hydrogen-bond acceptors (Lipinski definition) is 6. The summed E-state index contributed by atoms with van der Waals surface area (Å²) < 4.78 is 45.0. The van der Waals surface area contributed by atoms with Gasteiger partial charge in [-0.05, 0) is 19.1 Å². The van der Waals surface area contributed by atoms with Gasteiger partial charge in [0.1, 0.15) is 5.01 Å². The fourth-order valence-electron chi connectivity index (χ4n) is 1.68. The molecule has 114 valence electrons. The van der Waals surface area contributed by atoms with Crippen LogP contribution in [0.15, 0.2) is 23.2 Å². The molecule has 0 saturated carbocycles. The Bertz CT molecular complexity index is 736. The zero-order chi connectivity index (χ0) is 15.6. The van der Waals surface area contributed by atoms with Gasteiger partial charge in [-0.2, -0.15) is 0 Å². The molecule has 0 bridgehead atoms. The van der Waals surface area contributed by atoms with E-state index in [1.165, 1.54) is 18.4 Å². The van der Waals surface area contributed by atoms with Crippen molar-refractivity contribution in [1.29, 1.82) is 0 Å². The molecule has 1 heterocycles. The van der Waals surface area contributed by atoms with Crippen LogP contribution < -0.4 is 15.2 Å². The van der Waals surface area contributed by atoms with Gasteiger partial charge in [-0.1, -0.05) is 0 Å². The molecule has 0 aliphatic rings. The van der Waals surface area contributed by atoms with Gasteiger partial charge >= 0.3 is 0 Å². The summed E-state index contributed by atoms with van der Waals surface area (Å²) in [4.78, 5) is 4.77. The third-order valence-electron chi connectivity index (χ3n) is 2.64. The molecular weight excluding hydrogens is 317 g/mol. The van der Waals surface area contributed by atoms with Crippen LogP contribution in [0.3, 0.4) is 0 Å². The second kappa shape index (κ2) is 5.96. The van der Waals surface area contributed by atoms with Crippen LogP contribution in [0.1, 0.15) is 9.88 Å². The number of ether oxygens (including phenoxy) is 1. The van der Waals surface area contributed by atoms with Gasteiger partial charge in [0.05, 0.1) is 24.2 Å². The average molecular weight is 331 g/mol. The lowest BCUT2D eigenvalue weighted by molar-refractivity contribution is 0.388. The van der Waals surface area contributed by atoms with Crippen molar-refractivity contribution in [3.63, 3.8) is 0 Å². The van der Waals surface area contributed by atoms with Crippen molar-refractivity contribution in [3.8, 4) is 5.75 Å². The highest BCUT2D eigenvalue weighted by Crippen LogP contribution is 2.28. The summed E-state index contributed by atoms with van der Waals surface area (Å²) in [6.07, 6.45) is 1.65. The second-order valence-electron chi connectivity index (χ2n) is 4.22. The minimum Gasteiger partial charge on any atom is -0.492 e. The van der Waals surface area contributed by atoms with E-state index in [9.17, 15) is 12.8 Å². The van der Waals surface area contributed by atoms with Crippen molar-refractivity contribution in [2.24, 2.45) is 0 Å². The van der Waals surface area contributed by atoms with Crippen molar-refractivity contribution in [2.45, 2.75) is 18.4 Å². The fourth-order valence-corrected chi connectivity index (χ4v) is 3.53. The largest absolute Gasteiger partial charge is 0.492 e. The van der Waals surface area contributed by atoms with Gasteiger partial charge in [0.25, 0.3) is 0 Å². The van der Waals surface area contributed by atoms with Crippen LogP contribution in [-0.2, 0) is 16.6 Å². The van der Waals surface area contributed by atoms with E-state index in [1.54, 1.807) is 6.20 Å². The maximum Gasteiger partial charge on any atom is 0.241 e. The van der Waals surface area contributed by atoms with E-state index in [1.807, 2.05) is 6.92 Å². The number of anilines is 1. The lowest BCUT2D eigenvalue weighted by Gasteiger charge is -2.10. The molecule has 21 heavy (non-hydrogen) atoms. The first-order valence-electron chi connectivity index (χ1n) is 5.87. The standard InChI is InChI=1S/C12H14FN3O3S2/c1-7-5-15-11(20-7)6-16-21(17,18)8-3-9(13)12(19-2)10(14)4-8/h3-5,16H,6,14H2,1-2H3. The van der Waals surface area contributed by atoms with Gasteiger partial charge in [-0.3, -0.25) is 0 Å². The summed E-state index contributed by atoms with van der Waals surface area (Å²) in [5.41, 5.74) is 5.49. The van der Waals surface area contributed by atoms with E-state index >= 15 is 0 Å². The number of nitrogen functional groups attached to an aromatic ring is 1. The molecule has 2 rings (SSSR count). The predicted octanol–water partition coefficient (Wildman–Crippen LogP) is 1.66. The molecule has 0 saturated heterocycles. The van der Waals surface area contributed by atoms with Crippen LogP contribution in [-0.4, -0.2) is 20.5 Å². The smallest absolute Gasteiger partial charge is 0.241 e. The summed E-state index contributed by atoms with van der Waals surface area (Å²) in [6, 6.07) is 2.02. The van der Waals surface area contributed by atoms with Crippen molar-refractivity contribution < 1.29 is 17.5 Å². The molecule has 0 atom stereocenters. The molecule has 6 nitrogen and oxygen atoms in total. The molecule has 1 aromatic heterocycles. The van der Waals surface area contributed by atoms with E-state index < -0.39 is 15.8 Å². The Labute approximate surface area is 125 Å². The SMILES string of the molecule is COc1c(N)cc(S(=O)(=O)NCc2ncc(C)s2)cc1F. The molecular formula is C12H14FN3O3S2. The first-order chi connectivity index (χ1) is 9.83. The molecule has 0 unspecified atom stereocenters. The first kappa shape index (κ1) is 15.7. The first-order valence-corrected chi connectivity index (χ1v) is 8.17. The fraction of sp³-hybridized carbons (Fsp3) is 0.250. The van der Waals surface area contributed by atoms with Crippen LogP contribution in [0.5, 0.6) is 5.75 Å². The second-order valence-corrected chi connectivity index (χ2v) is 7.30. The third-order valence-corrected chi connectivity index (χ3v) is 4.94. The molecule has 1 aromatic carbocycles. The number of halogens is 1. The Morgan fingerprint density at radius 2 is 2.19 bits per heavy atom. The van der Waals surface area contributed by atoms with E-state index in [0.29, 0.717) is 5.01 Å². The van der Waals surface area contributed by atoms with Gasteiger partial charge in [0, 0.05) is 11.1 Å². The highest BCUT2D eigenvalue weighted by atomic mass is 32.2. The molecule has 9 heteroatoms. The number of nitrogens with zero attached hydrogens (tertiary/aromatic N) is 1. The van der Waals surface area contributed by atoms with Gasteiger partial charge < -0.3 is 10.5 Å². The lowest BCUT2D eigenvalue weighted by Crippen LogP contribution is -2.23. The quantitative estimate of drug-likeness (QED) is 0.813. The van der Waals surface area contributed by atoms with Gasteiger partial charge in [-0.15, -0.1) is 11.3 Å². The Hall–Kier alpha value is -1.71. The monoisotopic (exact) mass is 331 g/mol. The summed E-state index contributed by atoms with van der Waals surface area (Å²) in [7, 11) is -2.62. The molecule has 3 N–H and O–H groups in total.